The molecule has 2 aromatic heterocycles. The van der Waals surface area contributed by atoms with Gasteiger partial charge >= 0.3 is 7.32 Å². The zero-order valence-electron chi connectivity index (χ0n) is 32.8. The van der Waals surface area contributed by atoms with Crippen LogP contribution in [-0.4, -0.2) is 23.1 Å². The number of rotatable bonds is 31. The lowest BCUT2D eigenvalue weighted by atomic mass is 9.95. The summed E-state index contributed by atoms with van der Waals surface area (Å²) in [7, 11) is -0.970. The molecular weight excluding hydrogens is 643 g/mol. The number of benzene rings is 1. The van der Waals surface area contributed by atoms with Crippen LogP contribution in [0.25, 0.3) is 5.76 Å². The van der Waals surface area contributed by atoms with Gasteiger partial charge in [0.25, 0.3) is 0 Å². The molecule has 1 aliphatic rings. The van der Waals surface area contributed by atoms with Crippen LogP contribution in [0.2, 0.25) is 0 Å². The Morgan fingerprint density at radius 3 is 1.35 bits per heavy atom. The number of aromatic amines is 2. The first-order valence-electron chi connectivity index (χ1n) is 21.4. The van der Waals surface area contributed by atoms with Gasteiger partial charge in [0, 0.05) is 18.5 Å². The van der Waals surface area contributed by atoms with Crippen molar-refractivity contribution in [3.63, 3.8) is 0 Å². The molecule has 0 atom stereocenters. The maximum Gasteiger partial charge on any atom is 0.864 e. The molecule has 0 amide bonds. The second-order valence-electron chi connectivity index (χ2n) is 15.0. The summed E-state index contributed by atoms with van der Waals surface area (Å²) in [6.45, 7) is 4.58. The second kappa shape index (κ2) is 25.6. The molecule has 2 N–H and O–H groups in total. The predicted octanol–water partition coefficient (Wildman–Crippen LogP) is 13.5. The summed E-state index contributed by atoms with van der Waals surface area (Å²) in [6, 6.07) is 11.7. The molecule has 3 aromatic rings. The van der Waals surface area contributed by atoms with Gasteiger partial charge in [0.05, 0.1) is 11.4 Å². The first-order valence-corrected chi connectivity index (χ1v) is 21.4. The highest BCUT2D eigenvalue weighted by molar-refractivity contribution is 6.41. The van der Waals surface area contributed by atoms with Crippen LogP contribution >= 0.6 is 0 Å². The summed E-state index contributed by atoms with van der Waals surface area (Å²) in [6.07, 6.45) is 39.7. The molecule has 3 heterocycles. The van der Waals surface area contributed by atoms with Crippen LogP contribution in [0.1, 0.15) is 195 Å². The van der Waals surface area contributed by atoms with Gasteiger partial charge in [-0.2, -0.15) is 0 Å². The van der Waals surface area contributed by atoms with Crippen molar-refractivity contribution in [2.45, 2.75) is 181 Å². The number of hydrogen-bond donors (Lipinski definition) is 2. The molecule has 0 spiro atoms. The van der Waals surface area contributed by atoms with Crippen molar-refractivity contribution in [3.8, 4) is 11.5 Å². The number of ketones is 1. The van der Waals surface area contributed by atoms with Gasteiger partial charge in [0.2, 0.25) is 5.78 Å². The third-order valence-electron chi connectivity index (χ3n) is 10.5. The van der Waals surface area contributed by atoms with Gasteiger partial charge in [-0.25, -0.2) is 0 Å². The molecule has 1 aromatic carbocycles. The number of carbonyl (C=O) groups is 1. The van der Waals surface area contributed by atoms with E-state index in [9.17, 15) is 4.79 Å². The summed E-state index contributed by atoms with van der Waals surface area (Å²) in [5.74, 6) is 1.63. The van der Waals surface area contributed by atoms with Crippen LogP contribution < -0.4 is 9.31 Å². The fourth-order valence-corrected chi connectivity index (χ4v) is 7.33. The Labute approximate surface area is 316 Å². The highest BCUT2D eigenvalue weighted by Gasteiger charge is 2.39. The third kappa shape index (κ3) is 15.7. The van der Waals surface area contributed by atoms with Crippen molar-refractivity contribution >= 4 is 18.9 Å². The Kier molecular flexibility index (Phi) is 20.4. The molecule has 0 fully saturated rings. The van der Waals surface area contributed by atoms with E-state index in [-0.39, 0.29) is 5.78 Å². The van der Waals surface area contributed by atoms with Gasteiger partial charge < -0.3 is 23.9 Å². The predicted molar refractivity (Wildman–Crippen MR) is 218 cm³/mol. The maximum absolute atomic E-state index is 12.9. The molecule has 6 nitrogen and oxygen atoms in total. The number of aromatic nitrogens is 2. The number of carbonyl (C=O) groups excluding carboxylic acids is 1. The van der Waals surface area contributed by atoms with Crippen molar-refractivity contribution < 1.29 is 18.8 Å². The van der Waals surface area contributed by atoms with Crippen molar-refractivity contribution in [3.05, 3.63) is 77.4 Å². The fraction of sp³-hybridized carbons (Fsp3) is 0.622. The minimum atomic E-state index is -0.970. The van der Waals surface area contributed by atoms with E-state index < -0.39 is 7.32 Å². The van der Waals surface area contributed by atoms with E-state index in [2.05, 4.69) is 35.9 Å². The first kappa shape index (κ1) is 41.4. The van der Waals surface area contributed by atoms with E-state index in [0.29, 0.717) is 17.1 Å². The van der Waals surface area contributed by atoms with E-state index in [1.54, 1.807) is 24.5 Å². The summed E-state index contributed by atoms with van der Waals surface area (Å²) in [5.41, 5.74) is 3.93. The molecule has 0 radical (unpaired) electrons. The zero-order chi connectivity index (χ0) is 36.5. The molecule has 1 aliphatic heterocycles. The molecule has 286 valence electrons. The highest BCUT2D eigenvalue weighted by atomic mass is 16.8. The topological polar surface area (TPSA) is 76.3 Å². The number of unbranched alkanes of at least 4 members (excludes halogenated alkanes) is 22. The standard InChI is InChI=1S/C45H69BN2O4/c1-3-5-7-9-11-13-15-17-19-21-23-25-29-38-35-44-45(36-39(38)30-26-24-22-20-18-16-14-12-10-8-6-4-2)52-46(51-44)50-43(41-32-28-34-48-41)37-42(49)40-31-27-33-47-40/h27-28,31-37,47-48H,3-26,29-30H2,1-2H3/b43-37-. The number of allylic oxidation sites excluding steroid dienone is 1. The van der Waals surface area contributed by atoms with Gasteiger partial charge in [-0.05, 0) is 73.2 Å². The summed E-state index contributed by atoms with van der Waals surface area (Å²) < 4.78 is 18.6. The number of aryl methyl sites for hydroxylation is 2. The lowest BCUT2D eigenvalue weighted by molar-refractivity contribution is 0.104. The van der Waals surface area contributed by atoms with E-state index >= 15 is 0 Å². The van der Waals surface area contributed by atoms with Crippen LogP contribution in [0.3, 0.4) is 0 Å². The van der Waals surface area contributed by atoms with Crippen LogP contribution in [0.5, 0.6) is 11.5 Å². The number of H-pyrrole nitrogens is 2. The van der Waals surface area contributed by atoms with Crippen molar-refractivity contribution in [2.24, 2.45) is 0 Å². The molecule has 0 saturated heterocycles. The Bertz CT molecular complexity index is 1330. The Balaban J connectivity index is 1.27. The third-order valence-corrected chi connectivity index (χ3v) is 10.5. The molecule has 7 heteroatoms. The van der Waals surface area contributed by atoms with Gasteiger partial charge in [0.1, 0.15) is 17.3 Å². The smallest absolute Gasteiger partial charge is 0.488 e. The average Bonchev–Trinajstić information content (AvgIpc) is 3.95. The van der Waals surface area contributed by atoms with Crippen molar-refractivity contribution in [1.82, 2.24) is 9.97 Å². The minimum absolute atomic E-state index is 0.181. The second-order valence-corrected chi connectivity index (χ2v) is 15.0. The highest BCUT2D eigenvalue weighted by Crippen LogP contribution is 2.38. The van der Waals surface area contributed by atoms with Crippen molar-refractivity contribution in [1.29, 1.82) is 0 Å². The van der Waals surface area contributed by atoms with Gasteiger partial charge in [-0.1, -0.05) is 155 Å². The van der Waals surface area contributed by atoms with Crippen LogP contribution in [0.4, 0.5) is 0 Å². The molecule has 0 unspecified atom stereocenters. The van der Waals surface area contributed by atoms with Gasteiger partial charge in [-0.3, -0.25) is 4.79 Å². The quantitative estimate of drug-likeness (QED) is 0.0229. The van der Waals surface area contributed by atoms with E-state index in [1.807, 2.05) is 12.1 Å². The largest absolute Gasteiger partial charge is 0.864 e. The number of hydrogen-bond acceptors (Lipinski definition) is 4. The molecule has 0 bridgehead atoms. The van der Waals surface area contributed by atoms with Crippen LogP contribution in [0, 0.1) is 0 Å². The SMILES string of the molecule is CCCCCCCCCCCCCCc1cc2c(cc1CCCCCCCCCCCCCC)OB(O/C(=C\C(=O)c1ccc[nH]1)c1ccc[nH]1)O2. The van der Waals surface area contributed by atoms with Crippen LogP contribution in [0.15, 0.2) is 54.9 Å². The minimum Gasteiger partial charge on any atom is -0.488 e. The maximum atomic E-state index is 12.9. The van der Waals surface area contributed by atoms with Gasteiger partial charge in [0.15, 0.2) is 0 Å². The Hall–Kier alpha value is -3.35. The monoisotopic (exact) mass is 713 g/mol. The molecular formula is C45H69BN2O4. The van der Waals surface area contributed by atoms with E-state index in [4.69, 9.17) is 14.0 Å². The lowest BCUT2D eigenvalue weighted by Crippen LogP contribution is -2.28. The molecule has 52 heavy (non-hydrogen) atoms. The van der Waals surface area contributed by atoms with E-state index in [1.165, 1.54) is 171 Å². The number of fused-ring (bicyclic) bond motifs is 1. The Morgan fingerprint density at radius 2 is 0.962 bits per heavy atom. The lowest BCUT2D eigenvalue weighted by Gasteiger charge is -2.12. The number of nitrogens with one attached hydrogen (secondary N) is 2. The van der Waals surface area contributed by atoms with Crippen molar-refractivity contribution in [2.75, 3.05) is 0 Å². The Morgan fingerprint density at radius 1 is 0.577 bits per heavy atom. The summed E-state index contributed by atoms with van der Waals surface area (Å²) in [4.78, 5) is 19.0. The average molecular weight is 713 g/mol. The first-order chi connectivity index (χ1) is 25.7. The molecule has 0 aliphatic carbocycles. The van der Waals surface area contributed by atoms with Crippen LogP contribution in [-0.2, 0) is 17.5 Å². The molecule has 4 rings (SSSR count). The summed E-state index contributed by atoms with van der Waals surface area (Å²) in [5, 5.41) is 0. The zero-order valence-corrected chi connectivity index (χ0v) is 32.8. The fourth-order valence-electron chi connectivity index (χ4n) is 7.33. The van der Waals surface area contributed by atoms with Gasteiger partial charge in [-0.15, -0.1) is 0 Å². The normalized spacial score (nSPS) is 12.6. The van der Waals surface area contributed by atoms with E-state index in [0.717, 1.165) is 24.3 Å². The summed E-state index contributed by atoms with van der Waals surface area (Å²) >= 11 is 0. The molecule has 0 saturated carbocycles.